The third-order valence-corrected chi connectivity index (χ3v) is 3.75. The highest BCUT2D eigenvalue weighted by Gasteiger charge is 2.18. The fourth-order valence-electron chi connectivity index (χ4n) is 2.54. The highest BCUT2D eigenvalue weighted by atomic mass is 32.1. The van der Waals surface area contributed by atoms with Gasteiger partial charge in [-0.3, -0.25) is 4.79 Å². The van der Waals surface area contributed by atoms with Crippen LogP contribution in [0, 0.1) is 0 Å². The molecular formula is C15H21N3OS. The van der Waals surface area contributed by atoms with Crippen LogP contribution in [-0.2, 0) is 4.79 Å². The summed E-state index contributed by atoms with van der Waals surface area (Å²) in [5.74, 6) is -0.165. The molecule has 0 spiro atoms. The van der Waals surface area contributed by atoms with Crippen molar-refractivity contribution in [3.63, 3.8) is 0 Å². The molecule has 20 heavy (non-hydrogen) atoms. The molecule has 0 bridgehead atoms. The summed E-state index contributed by atoms with van der Waals surface area (Å²) in [7, 11) is 0. The Bertz CT molecular complexity index is 486. The van der Waals surface area contributed by atoms with Crippen LogP contribution in [0.2, 0.25) is 0 Å². The minimum absolute atomic E-state index is 0.165. The maximum atomic E-state index is 10.9. The van der Waals surface area contributed by atoms with E-state index in [9.17, 15) is 4.79 Å². The summed E-state index contributed by atoms with van der Waals surface area (Å²) in [6, 6.07) is 8.78. The van der Waals surface area contributed by atoms with Crippen molar-refractivity contribution in [1.82, 2.24) is 5.32 Å². The molecule has 108 valence electrons. The first-order valence-corrected chi connectivity index (χ1v) is 7.42. The summed E-state index contributed by atoms with van der Waals surface area (Å²) in [5.41, 5.74) is 2.13. The predicted octanol–water partition coefficient (Wildman–Crippen LogP) is 2.90. The lowest BCUT2D eigenvalue weighted by atomic mass is 10.0. The molecule has 2 N–H and O–H groups in total. The number of amides is 1. The van der Waals surface area contributed by atoms with Crippen molar-refractivity contribution < 1.29 is 4.79 Å². The molecular weight excluding hydrogens is 270 g/mol. The van der Waals surface area contributed by atoms with Gasteiger partial charge in [0.05, 0.1) is 0 Å². The molecule has 1 saturated heterocycles. The van der Waals surface area contributed by atoms with E-state index in [1.165, 1.54) is 31.9 Å². The van der Waals surface area contributed by atoms with Gasteiger partial charge in [0, 0.05) is 30.9 Å². The summed E-state index contributed by atoms with van der Waals surface area (Å²) in [4.78, 5) is 13.3. The van der Waals surface area contributed by atoms with Crippen LogP contribution >= 0.6 is 12.2 Å². The topological polar surface area (TPSA) is 44.4 Å². The van der Waals surface area contributed by atoms with Crippen molar-refractivity contribution in [1.29, 1.82) is 0 Å². The summed E-state index contributed by atoms with van der Waals surface area (Å²) in [5, 5.41) is 5.87. The van der Waals surface area contributed by atoms with Crippen LogP contribution in [0.1, 0.15) is 33.1 Å². The second kappa shape index (κ2) is 6.70. The highest BCUT2D eigenvalue weighted by molar-refractivity contribution is 7.80. The molecule has 1 atom stereocenters. The average Bonchev–Trinajstić information content (AvgIpc) is 2.39. The van der Waals surface area contributed by atoms with Crippen LogP contribution in [0.3, 0.4) is 0 Å². The summed E-state index contributed by atoms with van der Waals surface area (Å²) in [6.07, 6.45) is 3.84. The SMILES string of the molecule is CC(=O)NC(=S)Nc1ccc(N2CCCC[C@@H]2C)cc1. The van der Waals surface area contributed by atoms with Crippen molar-refractivity contribution in [3.8, 4) is 0 Å². The van der Waals surface area contributed by atoms with E-state index in [-0.39, 0.29) is 5.91 Å². The van der Waals surface area contributed by atoms with E-state index in [2.05, 4.69) is 34.6 Å². The van der Waals surface area contributed by atoms with E-state index < -0.39 is 0 Å². The zero-order valence-electron chi connectivity index (χ0n) is 12.0. The third kappa shape index (κ3) is 3.93. The quantitative estimate of drug-likeness (QED) is 0.822. The van der Waals surface area contributed by atoms with Crippen LogP contribution in [0.5, 0.6) is 0 Å². The smallest absolute Gasteiger partial charge is 0.222 e. The molecule has 4 nitrogen and oxygen atoms in total. The lowest BCUT2D eigenvalue weighted by Crippen LogP contribution is -2.37. The number of rotatable bonds is 2. The number of benzene rings is 1. The van der Waals surface area contributed by atoms with Gasteiger partial charge in [-0.05, 0) is 62.7 Å². The van der Waals surface area contributed by atoms with Gasteiger partial charge in [0.15, 0.2) is 5.11 Å². The maximum absolute atomic E-state index is 10.9. The maximum Gasteiger partial charge on any atom is 0.222 e. The Hall–Kier alpha value is -1.62. The summed E-state index contributed by atoms with van der Waals surface area (Å²) >= 11 is 5.04. The van der Waals surface area contributed by atoms with Gasteiger partial charge in [0.25, 0.3) is 0 Å². The Balaban J connectivity index is 1.99. The molecule has 0 unspecified atom stereocenters. The summed E-state index contributed by atoms with van der Waals surface area (Å²) in [6.45, 7) is 4.84. The molecule has 1 fully saturated rings. The van der Waals surface area contributed by atoms with E-state index in [0.717, 1.165) is 12.2 Å². The van der Waals surface area contributed by atoms with Crippen LogP contribution in [0.25, 0.3) is 0 Å². The van der Waals surface area contributed by atoms with Gasteiger partial charge in [-0.15, -0.1) is 0 Å². The summed E-state index contributed by atoms with van der Waals surface area (Å²) < 4.78 is 0. The fraction of sp³-hybridized carbons (Fsp3) is 0.467. The van der Waals surface area contributed by atoms with Crippen LogP contribution in [-0.4, -0.2) is 23.6 Å². The van der Waals surface area contributed by atoms with E-state index in [4.69, 9.17) is 12.2 Å². The van der Waals surface area contributed by atoms with Crippen LogP contribution in [0.15, 0.2) is 24.3 Å². The third-order valence-electron chi connectivity index (χ3n) is 3.55. The number of anilines is 2. The minimum Gasteiger partial charge on any atom is -0.369 e. The van der Waals surface area contributed by atoms with Crippen molar-refractivity contribution in [2.45, 2.75) is 39.2 Å². The van der Waals surface area contributed by atoms with E-state index in [1.807, 2.05) is 12.1 Å². The lowest BCUT2D eigenvalue weighted by Gasteiger charge is -2.35. The number of hydrogen-bond donors (Lipinski definition) is 2. The number of carbonyl (C=O) groups is 1. The van der Waals surface area contributed by atoms with E-state index >= 15 is 0 Å². The van der Waals surface area contributed by atoms with Gasteiger partial charge in [0.2, 0.25) is 5.91 Å². The van der Waals surface area contributed by atoms with E-state index in [0.29, 0.717) is 11.2 Å². The lowest BCUT2D eigenvalue weighted by molar-refractivity contribution is -0.117. The van der Waals surface area contributed by atoms with Gasteiger partial charge in [0.1, 0.15) is 0 Å². The Morgan fingerprint density at radius 2 is 2.00 bits per heavy atom. The van der Waals surface area contributed by atoms with Crippen molar-refractivity contribution in [2.75, 3.05) is 16.8 Å². The largest absolute Gasteiger partial charge is 0.369 e. The average molecular weight is 291 g/mol. The standard InChI is InChI=1S/C15H21N3OS/c1-11-5-3-4-10-18(11)14-8-6-13(7-9-14)17-15(20)16-12(2)19/h6-9,11H,3-5,10H2,1-2H3,(H2,16,17,19,20)/t11-/m0/s1. The molecule has 2 rings (SSSR count). The first-order valence-electron chi connectivity index (χ1n) is 7.01. The Morgan fingerprint density at radius 1 is 1.30 bits per heavy atom. The molecule has 1 amide bonds. The number of hydrogen-bond acceptors (Lipinski definition) is 3. The number of carbonyl (C=O) groups excluding carboxylic acids is 1. The molecule has 0 aromatic heterocycles. The van der Waals surface area contributed by atoms with Gasteiger partial charge in [-0.2, -0.15) is 0 Å². The first-order chi connectivity index (χ1) is 9.56. The van der Waals surface area contributed by atoms with Gasteiger partial charge >= 0.3 is 0 Å². The Morgan fingerprint density at radius 3 is 2.60 bits per heavy atom. The molecule has 5 heteroatoms. The van der Waals surface area contributed by atoms with Gasteiger partial charge in [-0.25, -0.2) is 0 Å². The molecule has 1 aliphatic rings. The van der Waals surface area contributed by atoms with E-state index in [1.54, 1.807) is 0 Å². The van der Waals surface area contributed by atoms with Crippen LogP contribution in [0.4, 0.5) is 11.4 Å². The molecule has 0 saturated carbocycles. The zero-order valence-corrected chi connectivity index (χ0v) is 12.8. The predicted molar refractivity (Wildman–Crippen MR) is 87.1 cm³/mol. The van der Waals surface area contributed by atoms with Crippen LogP contribution < -0.4 is 15.5 Å². The number of thiocarbonyl (C=S) groups is 1. The van der Waals surface area contributed by atoms with Crippen molar-refractivity contribution in [3.05, 3.63) is 24.3 Å². The molecule has 1 aromatic carbocycles. The van der Waals surface area contributed by atoms with Crippen molar-refractivity contribution >= 4 is 34.6 Å². The van der Waals surface area contributed by atoms with Gasteiger partial charge in [-0.1, -0.05) is 0 Å². The second-order valence-corrected chi connectivity index (χ2v) is 5.63. The fourth-order valence-corrected chi connectivity index (χ4v) is 2.80. The normalized spacial score (nSPS) is 18.5. The zero-order chi connectivity index (χ0) is 14.5. The molecule has 1 heterocycles. The molecule has 0 aliphatic carbocycles. The number of nitrogens with zero attached hydrogens (tertiary/aromatic N) is 1. The Labute approximate surface area is 125 Å². The second-order valence-electron chi connectivity index (χ2n) is 5.22. The Kier molecular flexibility index (Phi) is 4.95. The minimum atomic E-state index is -0.165. The monoisotopic (exact) mass is 291 g/mol. The molecule has 1 aliphatic heterocycles. The van der Waals surface area contributed by atoms with Gasteiger partial charge < -0.3 is 15.5 Å². The molecule has 0 radical (unpaired) electrons. The molecule has 1 aromatic rings. The number of piperidine rings is 1. The highest BCUT2D eigenvalue weighted by Crippen LogP contribution is 2.25. The first kappa shape index (κ1) is 14.8. The van der Waals surface area contributed by atoms with Crippen molar-refractivity contribution in [2.24, 2.45) is 0 Å². The number of nitrogens with one attached hydrogen (secondary N) is 2.